The number of carbonyl (C=O) groups is 1. The minimum Gasteiger partial charge on any atom is -0.453 e. The first-order valence-electron chi connectivity index (χ1n) is 5.36. The predicted octanol–water partition coefficient (Wildman–Crippen LogP) is 2.60. The number of rotatable bonds is 4. The first-order chi connectivity index (χ1) is 9.06. The van der Waals surface area contributed by atoms with Gasteiger partial charge in [-0.1, -0.05) is 6.08 Å². The summed E-state index contributed by atoms with van der Waals surface area (Å²) >= 11 is 6.57. The maximum atomic E-state index is 11.0. The molecule has 1 aromatic rings. The molecule has 1 rings (SSSR count). The molecular weight excluding hydrogens is 282 g/mol. The van der Waals surface area contributed by atoms with E-state index in [4.69, 9.17) is 18.0 Å². The van der Waals surface area contributed by atoms with Gasteiger partial charge in [0, 0.05) is 10.6 Å². The molecule has 0 fully saturated rings. The number of hydrogen-bond acceptors (Lipinski definition) is 5. The third-order valence-electron chi connectivity index (χ3n) is 2.04. The molecule has 4 N–H and O–H groups in total. The Bertz CT molecular complexity index is 492. The normalized spacial score (nSPS) is 9.53. The van der Waals surface area contributed by atoms with E-state index in [1.165, 1.54) is 7.11 Å². The summed E-state index contributed by atoms with van der Waals surface area (Å²) in [5.74, 6) is 0.814. The van der Waals surface area contributed by atoms with Gasteiger partial charge in [0.15, 0.2) is 5.11 Å². The van der Waals surface area contributed by atoms with Crippen molar-refractivity contribution in [1.82, 2.24) is 5.32 Å². The van der Waals surface area contributed by atoms with Crippen molar-refractivity contribution >= 4 is 46.6 Å². The van der Waals surface area contributed by atoms with Crippen LogP contribution >= 0.6 is 24.0 Å². The third kappa shape index (κ3) is 5.19. The van der Waals surface area contributed by atoms with Gasteiger partial charge < -0.3 is 15.8 Å². The zero-order valence-corrected chi connectivity index (χ0v) is 12.1. The Hall–Kier alpha value is -1.73. The van der Waals surface area contributed by atoms with Crippen LogP contribution in [-0.2, 0) is 4.74 Å². The smallest absolute Gasteiger partial charge is 0.413 e. The summed E-state index contributed by atoms with van der Waals surface area (Å²) < 4.78 is 4.43. The van der Waals surface area contributed by atoms with Crippen molar-refractivity contribution in [1.29, 1.82) is 0 Å². The molecule has 0 aromatic heterocycles. The lowest BCUT2D eigenvalue weighted by Crippen LogP contribution is -2.34. The number of methoxy groups -OCH3 is 1. The summed E-state index contributed by atoms with van der Waals surface area (Å²) in [6.07, 6.45) is 1.19. The lowest BCUT2D eigenvalue weighted by molar-refractivity contribution is 0.177. The number of anilines is 2. The van der Waals surface area contributed by atoms with Crippen molar-refractivity contribution in [3.05, 3.63) is 30.9 Å². The third-order valence-corrected chi connectivity index (χ3v) is 3.23. The Morgan fingerprint density at radius 1 is 1.63 bits per heavy atom. The Morgan fingerprint density at radius 3 is 2.95 bits per heavy atom. The van der Waals surface area contributed by atoms with E-state index in [1.54, 1.807) is 17.8 Å². The second-order valence-electron chi connectivity index (χ2n) is 3.42. The quantitative estimate of drug-likeness (QED) is 0.343. The molecule has 0 aliphatic rings. The SMILES string of the molecule is C=CCSc1ccc(NC(=S)NC(=O)OC)c(N)c1. The number of nitrogens with one attached hydrogen (secondary N) is 2. The zero-order valence-electron chi connectivity index (χ0n) is 10.4. The standard InChI is InChI=1S/C12H15N3O2S2/c1-3-6-19-8-4-5-10(9(13)7-8)14-11(18)15-12(16)17-2/h3-5,7H,1,6,13H2,2H3,(H2,14,15,16,18). The van der Waals surface area contributed by atoms with Gasteiger partial charge in [-0.15, -0.1) is 18.3 Å². The highest BCUT2D eigenvalue weighted by atomic mass is 32.2. The minimum absolute atomic E-state index is 0.130. The number of amides is 1. The van der Waals surface area contributed by atoms with Gasteiger partial charge in [-0.2, -0.15) is 0 Å². The van der Waals surface area contributed by atoms with Gasteiger partial charge in [0.25, 0.3) is 0 Å². The molecule has 1 aromatic carbocycles. The number of carbonyl (C=O) groups excluding carboxylic acids is 1. The van der Waals surface area contributed by atoms with E-state index in [0.29, 0.717) is 11.4 Å². The van der Waals surface area contributed by atoms with Crippen LogP contribution in [0.25, 0.3) is 0 Å². The van der Waals surface area contributed by atoms with E-state index in [0.717, 1.165) is 10.6 Å². The molecule has 0 heterocycles. The molecule has 0 bridgehead atoms. The van der Waals surface area contributed by atoms with Crippen molar-refractivity contribution in [2.24, 2.45) is 0 Å². The van der Waals surface area contributed by atoms with Crippen molar-refractivity contribution in [3.8, 4) is 0 Å². The van der Waals surface area contributed by atoms with E-state index in [-0.39, 0.29) is 5.11 Å². The van der Waals surface area contributed by atoms with Gasteiger partial charge in [-0.25, -0.2) is 4.79 Å². The van der Waals surface area contributed by atoms with Crippen molar-refractivity contribution in [3.63, 3.8) is 0 Å². The fraction of sp³-hybridized carbons (Fsp3) is 0.167. The van der Waals surface area contributed by atoms with Gasteiger partial charge in [0.1, 0.15) is 0 Å². The Balaban J connectivity index is 2.66. The van der Waals surface area contributed by atoms with Crippen LogP contribution in [0.2, 0.25) is 0 Å². The lowest BCUT2D eigenvalue weighted by atomic mass is 10.3. The highest BCUT2D eigenvalue weighted by Crippen LogP contribution is 2.26. The van der Waals surface area contributed by atoms with E-state index in [9.17, 15) is 4.79 Å². The fourth-order valence-corrected chi connectivity index (χ4v) is 2.08. The summed E-state index contributed by atoms with van der Waals surface area (Å²) in [6.45, 7) is 3.66. The van der Waals surface area contributed by atoms with E-state index < -0.39 is 6.09 Å². The molecule has 0 aliphatic carbocycles. The van der Waals surface area contributed by atoms with E-state index in [1.807, 2.05) is 18.2 Å². The number of hydrogen-bond donors (Lipinski definition) is 3. The molecule has 102 valence electrons. The summed E-state index contributed by atoms with van der Waals surface area (Å²) in [5.41, 5.74) is 7.07. The molecular formula is C12H15N3O2S2. The van der Waals surface area contributed by atoms with Crippen LogP contribution in [-0.4, -0.2) is 24.1 Å². The van der Waals surface area contributed by atoms with Gasteiger partial charge in [0.05, 0.1) is 18.5 Å². The largest absolute Gasteiger partial charge is 0.453 e. The molecule has 1 amide bonds. The summed E-state index contributed by atoms with van der Waals surface area (Å²) in [5, 5.41) is 5.29. The second kappa shape index (κ2) is 7.65. The molecule has 0 spiro atoms. The highest BCUT2D eigenvalue weighted by molar-refractivity contribution is 7.99. The molecule has 5 nitrogen and oxygen atoms in total. The summed E-state index contributed by atoms with van der Waals surface area (Å²) in [7, 11) is 1.26. The Kier molecular flexibility index (Phi) is 6.17. The Morgan fingerprint density at radius 2 is 2.37 bits per heavy atom. The molecule has 7 heteroatoms. The highest BCUT2D eigenvalue weighted by Gasteiger charge is 2.06. The monoisotopic (exact) mass is 297 g/mol. The lowest BCUT2D eigenvalue weighted by Gasteiger charge is -2.11. The van der Waals surface area contributed by atoms with Crippen LogP contribution in [0.15, 0.2) is 35.7 Å². The summed E-state index contributed by atoms with van der Waals surface area (Å²) in [4.78, 5) is 12.0. The molecule has 0 saturated heterocycles. The van der Waals surface area contributed by atoms with Crippen LogP contribution in [0.1, 0.15) is 0 Å². The number of thiocarbonyl (C=S) groups is 1. The van der Waals surface area contributed by atoms with Crippen molar-refractivity contribution in [2.75, 3.05) is 23.9 Å². The average molecular weight is 297 g/mol. The van der Waals surface area contributed by atoms with Gasteiger partial charge in [0.2, 0.25) is 0 Å². The van der Waals surface area contributed by atoms with Crippen LogP contribution in [0.5, 0.6) is 0 Å². The fourth-order valence-electron chi connectivity index (χ4n) is 1.20. The number of nitrogens with two attached hydrogens (primary N) is 1. The van der Waals surface area contributed by atoms with Crippen molar-refractivity contribution < 1.29 is 9.53 Å². The Labute approximate surface area is 121 Å². The molecule has 0 saturated carbocycles. The maximum Gasteiger partial charge on any atom is 0.413 e. The number of benzene rings is 1. The van der Waals surface area contributed by atoms with Crippen LogP contribution in [0, 0.1) is 0 Å². The van der Waals surface area contributed by atoms with Crippen LogP contribution < -0.4 is 16.4 Å². The zero-order chi connectivity index (χ0) is 14.3. The van der Waals surface area contributed by atoms with E-state index >= 15 is 0 Å². The van der Waals surface area contributed by atoms with Crippen molar-refractivity contribution in [2.45, 2.75) is 4.90 Å². The van der Waals surface area contributed by atoms with Gasteiger partial charge in [-0.05, 0) is 30.4 Å². The number of nitrogen functional groups attached to an aromatic ring is 1. The van der Waals surface area contributed by atoms with Gasteiger partial charge >= 0.3 is 6.09 Å². The molecule has 0 radical (unpaired) electrons. The molecule has 0 atom stereocenters. The molecule has 19 heavy (non-hydrogen) atoms. The second-order valence-corrected chi connectivity index (χ2v) is 4.92. The average Bonchev–Trinajstić information content (AvgIpc) is 2.39. The minimum atomic E-state index is -0.630. The molecule has 0 unspecified atom stereocenters. The predicted molar refractivity (Wildman–Crippen MR) is 83.5 cm³/mol. The van der Waals surface area contributed by atoms with Gasteiger partial charge in [-0.3, -0.25) is 5.32 Å². The number of alkyl carbamates (subject to hydrolysis) is 1. The number of ether oxygens (including phenoxy) is 1. The molecule has 0 aliphatic heterocycles. The van der Waals surface area contributed by atoms with Crippen LogP contribution in [0.4, 0.5) is 16.2 Å². The first-order valence-corrected chi connectivity index (χ1v) is 6.75. The summed E-state index contributed by atoms with van der Waals surface area (Å²) in [6, 6.07) is 5.54. The topological polar surface area (TPSA) is 76.4 Å². The first kappa shape index (κ1) is 15.3. The maximum absolute atomic E-state index is 11.0. The van der Waals surface area contributed by atoms with E-state index in [2.05, 4.69) is 21.9 Å². The van der Waals surface area contributed by atoms with Crippen LogP contribution in [0.3, 0.4) is 0 Å². The number of thioether (sulfide) groups is 1.